The highest BCUT2D eigenvalue weighted by Crippen LogP contribution is 2.30. The highest BCUT2D eigenvalue weighted by Gasteiger charge is 2.48. The summed E-state index contributed by atoms with van der Waals surface area (Å²) >= 11 is 0. The third-order valence-electron chi connectivity index (χ3n) is 7.22. The SMILES string of the molecule is C=CCc1ccc(O[C@H]2O[C@H]([C@@H](O)CCCO)[C@@H](O)[C@H](O)[C@H]2OCCCCC2CCCCC2)cc1. The summed E-state index contributed by atoms with van der Waals surface area (Å²) in [6, 6.07) is 7.50. The Labute approximate surface area is 209 Å². The number of ether oxygens (including phenoxy) is 3. The third-order valence-corrected chi connectivity index (χ3v) is 7.22. The molecule has 1 aromatic rings. The monoisotopic (exact) mass is 492 g/mol. The van der Waals surface area contributed by atoms with Crippen LogP contribution >= 0.6 is 0 Å². The molecular weight excluding hydrogens is 448 g/mol. The molecule has 0 aromatic heterocycles. The molecule has 1 saturated carbocycles. The van der Waals surface area contributed by atoms with E-state index < -0.39 is 36.8 Å². The summed E-state index contributed by atoms with van der Waals surface area (Å²) in [6.45, 7) is 4.11. The van der Waals surface area contributed by atoms with Gasteiger partial charge < -0.3 is 34.6 Å². The van der Waals surface area contributed by atoms with E-state index >= 15 is 0 Å². The fraction of sp³-hybridized carbons (Fsp3) is 0.714. The molecule has 0 amide bonds. The maximum Gasteiger partial charge on any atom is 0.229 e. The number of hydrogen-bond donors (Lipinski definition) is 4. The van der Waals surface area contributed by atoms with E-state index in [1.165, 1.54) is 38.5 Å². The molecule has 0 spiro atoms. The fourth-order valence-electron chi connectivity index (χ4n) is 5.15. The van der Waals surface area contributed by atoms with Gasteiger partial charge in [-0.15, -0.1) is 6.58 Å². The zero-order chi connectivity index (χ0) is 25.0. The van der Waals surface area contributed by atoms with Crippen molar-refractivity contribution in [1.82, 2.24) is 0 Å². The van der Waals surface area contributed by atoms with E-state index in [0.717, 1.165) is 30.7 Å². The predicted octanol–water partition coefficient (Wildman–Crippen LogP) is 3.51. The molecular formula is C28H44O7. The molecule has 1 saturated heterocycles. The molecule has 1 heterocycles. The van der Waals surface area contributed by atoms with Gasteiger partial charge in [0.05, 0.1) is 6.10 Å². The number of hydrogen-bond acceptors (Lipinski definition) is 7. The third kappa shape index (κ3) is 8.55. The Kier molecular flexibility index (Phi) is 12.0. The summed E-state index contributed by atoms with van der Waals surface area (Å²) in [5.41, 5.74) is 1.09. The van der Waals surface area contributed by atoms with Gasteiger partial charge in [-0.25, -0.2) is 0 Å². The first-order chi connectivity index (χ1) is 17.0. The molecule has 198 valence electrons. The van der Waals surface area contributed by atoms with Crippen LogP contribution in [0.1, 0.15) is 69.8 Å². The lowest BCUT2D eigenvalue weighted by Crippen LogP contribution is -2.62. The Morgan fingerprint density at radius 3 is 2.46 bits per heavy atom. The molecule has 0 bridgehead atoms. The van der Waals surface area contributed by atoms with Crippen molar-refractivity contribution < 1.29 is 34.6 Å². The first-order valence-electron chi connectivity index (χ1n) is 13.3. The zero-order valence-electron chi connectivity index (χ0n) is 20.8. The van der Waals surface area contributed by atoms with E-state index in [9.17, 15) is 15.3 Å². The molecule has 1 aromatic carbocycles. The number of rotatable bonds is 14. The largest absolute Gasteiger partial charge is 0.462 e. The van der Waals surface area contributed by atoms with Gasteiger partial charge in [-0.1, -0.05) is 63.2 Å². The van der Waals surface area contributed by atoms with Crippen molar-refractivity contribution in [3.05, 3.63) is 42.5 Å². The predicted molar refractivity (Wildman–Crippen MR) is 134 cm³/mol. The van der Waals surface area contributed by atoms with E-state index in [1.807, 2.05) is 30.3 Å². The van der Waals surface area contributed by atoms with Crippen LogP contribution in [0.4, 0.5) is 0 Å². The first-order valence-corrected chi connectivity index (χ1v) is 13.3. The van der Waals surface area contributed by atoms with Crippen LogP contribution in [-0.2, 0) is 15.9 Å². The van der Waals surface area contributed by atoms with Gasteiger partial charge in [-0.2, -0.15) is 0 Å². The number of unbranched alkanes of at least 4 members (excludes halogenated alkanes) is 1. The molecule has 1 aliphatic heterocycles. The molecule has 6 atom stereocenters. The number of benzene rings is 1. The summed E-state index contributed by atoms with van der Waals surface area (Å²) in [5, 5.41) is 41.2. The van der Waals surface area contributed by atoms with Crippen molar-refractivity contribution in [1.29, 1.82) is 0 Å². The van der Waals surface area contributed by atoms with Gasteiger partial charge >= 0.3 is 0 Å². The Balaban J connectivity index is 1.61. The van der Waals surface area contributed by atoms with Crippen LogP contribution in [0.2, 0.25) is 0 Å². The standard InChI is InChI=1S/C28H44O7/c1-2-9-20-14-16-22(17-15-20)34-28-27(33-19-7-6-12-21-10-4-3-5-11-21)25(32)24(31)26(35-28)23(30)13-8-18-29/h2,14-17,21,23-32H,1,3-13,18-19H2/t23-,24-,25-,26+,27+,28-/m0/s1. The van der Waals surface area contributed by atoms with Crippen molar-refractivity contribution in [3.63, 3.8) is 0 Å². The van der Waals surface area contributed by atoms with Gasteiger partial charge in [0, 0.05) is 13.2 Å². The van der Waals surface area contributed by atoms with Crippen molar-refractivity contribution in [2.75, 3.05) is 13.2 Å². The van der Waals surface area contributed by atoms with Gasteiger partial charge in [0.25, 0.3) is 0 Å². The van der Waals surface area contributed by atoms with Crippen LogP contribution in [0.5, 0.6) is 5.75 Å². The second-order valence-corrected chi connectivity index (χ2v) is 9.97. The van der Waals surface area contributed by atoms with E-state index in [0.29, 0.717) is 18.8 Å². The highest BCUT2D eigenvalue weighted by atomic mass is 16.7. The van der Waals surface area contributed by atoms with Crippen LogP contribution in [0.3, 0.4) is 0 Å². The molecule has 2 aliphatic rings. The number of aliphatic hydroxyl groups excluding tert-OH is 4. The lowest BCUT2D eigenvalue weighted by Gasteiger charge is -2.43. The van der Waals surface area contributed by atoms with Gasteiger partial charge in [-0.3, -0.25) is 0 Å². The fourth-order valence-corrected chi connectivity index (χ4v) is 5.15. The van der Waals surface area contributed by atoms with Gasteiger partial charge in [-0.05, 0) is 49.3 Å². The Morgan fingerprint density at radius 1 is 1.03 bits per heavy atom. The number of allylic oxidation sites excluding steroid dienone is 1. The molecule has 1 aliphatic carbocycles. The molecule has 0 unspecified atom stereocenters. The summed E-state index contributed by atoms with van der Waals surface area (Å²) in [5.74, 6) is 1.36. The lowest BCUT2D eigenvalue weighted by atomic mass is 9.86. The second kappa shape index (κ2) is 14.9. The van der Waals surface area contributed by atoms with E-state index in [-0.39, 0.29) is 13.0 Å². The van der Waals surface area contributed by atoms with Crippen LogP contribution < -0.4 is 4.74 Å². The maximum atomic E-state index is 10.9. The lowest BCUT2D eigenvalue weighted by molar-refractivity contribution is -0.297. The summed E-state index contributed by atoms with van der Waals surface area (Å²) in [7, 11) is 0. The molecule has 0 radical (unpaired) electrons. The van der Waals surface area contributed by atoms with Crippen LogP contribution in [0.25, 0.3) is 0 Å². The van der Waals surface area contributed by atoms with Crippen molar-refractivity contribution in [2.45, 2.75) is 107 Å². The van der Waals surface area contributed by atoms with Gasteiger partial charge in [0.15, 0.2) is 0 Å². The summed E-state index contributed by atoms with van der Waals surface area (Å²) in [6.07, 6.45) is 6.38. The maximum absolute atomic E-state index is 10.9. The van der Waals surface area contributed by atoms with Crippen molar-refractivity contribution in [2.24, 2.45) is 5.92 Å². The molecule has 7 heteroatoms. The molecule has 35 heavy (non-hydrogen) atoms. The minimum atomic E-state index is -1.33. The summed E-state index contributed by atoms with van der Waals surface area (Å²) in [4.78, 5) is 0. The Bertz CT molecular complexity index is 719. The smallest absolute Gasteiger partial charge is 0.229 e. The van der Waals surface area contributed by atoms with Gasteiger partial charge in [0.1, 0.15) is 30.2 Å². The minimum absolute atomic E-state index is 0.0774. The van der Waals surface area contributed by atoms with Crippen molar-refractivity contribution >= 4 is 0 Å². The van der Waals surface area contributed by atoms with E-state index in [2.05, 4.69) is 6.58 Å². The normalized spacial score (nSPS) is 28.5. The van der Waals surface area contributed by atoms with Crippen LogP contribution in [0, 0.1) is 5.92 Å². The highest BCUT2D eigenvalue weighted by molar-refractivity contribution is 5.28. The molecule has 2 fully saturated rings. The van der Waals surface area contributed by atoms with E-state index in [1.54, 1.807) is 0 Å². The number of aliphatic hydroxyl groups is 4. The average Bonchev–Trinajstić information content (AvgIpc) is 2.88. The quantitative estimate of drug-likeness (QED) is 0.232. The van der Waals surface area contributed by atoms with Crippen LogP contribution in [0.15, 0.2) is 36.9 Å². The topological polar surface area (TPSA) is 109 Å². The van der Waals surface area contributed by atoms with Gasteiger partial charge in [0.2, 0.25) is 6.29 Å². The second-order valence-electron chi connectivity index (χ2n) is 9.97. The van der Waals surface area contributed by atoms with Crippen LogP contribution in [-0.4, -0.2) is 70.4 Å². The Hall–Kier alpha value is -1.48. The molecule has 4 N–H and O–H groups in total. The Morgan fingerprint density at radius 2 is 1.77 bits per heavy atom. The van der Waals surface area contributed by atoms with E-state index in [4.69, 9.17) is 19.3 Å². The van der Waals surface area contributed by atoms with Crippen molar-refractivity contribution in [3.8, 4) is 5.75 Å². The minimum Gasteiger partial charge on any atom is -0.462 e. The summed E-state index contributed by atoms with van der Waals surface area (Å²) < 4.78 is 18.0. The first kappa shape index (κ1) is 28.1. The molecule has 7 nitrogen and oxygen atoms in total. The molecule has 3 rings (SSSR count). The zero-order valence-corrected chi connectivity index (χ0v) is 20.8. The average molecular weight is 493 g/mol.